The average Bonchev–Trinajstić information content (AvgIpc) is 2.99. The number of methoxy groups -OCH3 is 3. The van der Waals surface area contributed by atoms with E-state index in [0.29, 0.717) is 36.9 Å². The van der Waals surface area contributed by atoms with Crippen LogP contribution in [0.5, 0.6) is 23.0 Å². The van der Waals surface area contributed by atoms with E-state index in [0.717, 1.165) is 60.5 Å². The summed E-state index contributed by atoms with van der Waals surface area (Å²) in [5, 5.41) is 0. The minimum atomic E-state index is 0. The van der Waals surface area contributed by atoms with Crippen LogP contribution in [-0.2, 0) is 24.4 Å². The van der Waals surface area contributed by atoms with Crippen LogP contribution in [0.1, 0.15) is 28.7 Å². The van der Waals surface area contributed by atoms with Gasteiger partial charge in [0.15, 0.2) is 11.5 Å². The van der Waals surface area contributed by atoms with Crippen LogP contribution in [0.2, 0.25) is 0 Å². The van der Waals surface area contributed by atoms with E-state index < -0.39 is 0 Å². The van der Waals surface area contributed by atoms with Crippen LogP contribution in [0, 0.1) is 0 Å². The Morgan fingerprint density at radius 1 is 0.800 bits per heavy atom. The first-order valence-electron chi connectivity index (χ1n) is 13.4. The van der Waals surface area contributed by atoms with Gasteiger partial charge in [-0.1, -0.05) is 36.4 Å². The molecular formula is C32H37ClN2O5. The Hall–Kier alpha value is -3.68. The van der Waals surface area contributed by atoms with Gasteiger partial charge in [-0.3, -0.25) is 9.69 Å². The maximum Gasteiger partial charge on any atom is 0.249 e. The fourth-order valence-corrected chi connectivity index (χ4v) is 5.27. The second-order valence-electron chi connectivity index (χ2n) is 9.91. The van der Waals surface area contributed by atoms with Gasteiger partial charge in [0, 0.05) is 38.3 Å². The fourth-order valence-electron chi connectivity index (χ4n) is 5.27. The zero-order chi connectivity index (χ0) is 27.2. The van der Waals surface area contributed by atoms with Gasteiger partial charge in [0.2, 0.25) is 11.7 Å². The van der Waals surface area contributed by atoms with Gasteiger partial charge >= 0.3 is 0 Å². The van der Waals surface area contributed by atoms with E-state index in [1.807, 2.05) is 41.3 Å². The number of halogens is 1. The first-order valence-corrected chi connectivity index (χ1v) is 13.4. The number of rotatable bonds is 9. The molecule has 1 aliphatic carbocycles. The van der Waals surface area contributed by atoms with E-state index in [4.69, 9.17) is 18.9 Å². The zero-order valence-corrected chi connectivity index (χ0v) is 24.2. The van der Waals surface area contributed by atoms with Crippen LogP contribution >= 0.6 is 12.4 Å². The number of piperazine rings is 1. The number of carbonyl (C=O) groups excluding carboxylic acids is 1. The Morgan fingerprint density at radius 3 is 2.15 bits per heavy atom. The second kappa shape index (κ2) is 13.6. The number of nitrogens with zero attached hydrogens (tertiary/aromatic N) is 2. The average molecular weight is 565 g/mol. The highest BCUT2D eigenvalue weighted by atomic mass is 35.5. The summed E-state index contributed by atoms with van der Waals surface area (Å²) < 4.78 is 22.4. The molecule has 0 bridgehead atoms. The molecule has 5 rings (SSSR count). The van der Waals surface area contributed by atoms with Gasteiger partial charge in [-0.2, -0.15) is 0 Å². The van der Waals surface area contributed by atoms with E-state index in [9.17, 15) is 4.79 Å². The number of hydrogen-bond acceptors (Lipinski definition) is 6. The molecule has 0 radical (unpaired) electrons. The third-order valence-corrected chi connectivity index (χ3v) is 7.42. The summed E-state index contributed by atoms with van der Waals surface area (Å²) in [6.45, 7) is 4.34. The zero-order valence-electron chi connectivity index (χ0n) is 23.4. The molecule has 7 nitrogen and oxygen atoms in total. The Balaban J connectivity index is 0.00000370. The fraction of sp³-hybridized carbons (Fsp3) is 0.344. The van der Waals surface area contributed by atoms with E-state index >= 15 is 0 Å². The van der Waals surface area contributed by atoms with Gasteiger partial charge in [0.1, 0.15) is 12.4 Å². The molecular weight excluding hydrogens is 528 g/mol. The molecule has 0 atom stereocenters. The van der Waals surface area contributed by atoms with Crippen molar-refractivity contribution in [2.24, 2.45) is 0 Å². The lowest BCUT2D eigenvalue weighted by Crippen LogP contribution is -2.48. The third-order valence-electron chi connectivity index (χ3n) is 7.42. The highest BCUT2D eigenvalue weighted by Gasteiger charge is 2.26. The van der Waals surface area contributed by atoms with Crippen LogP contribution in [-0.4, -0.2) is 63.2 Å². The molecule has 1 fully saturated rings. The van der Waals surface area contributed by atoms with E-state index in [-0.39, 0.29) is 18.3 Å². The highest BCUT2D eigenvalue weighted by Crippen LogP contribution is 2.38. The first-order chi connectivity index (χ1) is 19.1. The summed E-state index contributed by atoms with van der Waals surface area (Å²) in [5.74, 6) is 2.92. The molecule has 8 heteroatoms. The number of carbonyl (C=O) groups is 1. The molecule has 0 N–H and O–H groups in total. The molecule has 0 saturated carbocycles. The molecule has 40 heavy (non-hydrogen) atoms. The van der Waals surface area contributed by atoms with Crippen LogP contribution in [0.25, 0.3) is 6.08 Å². The molecule has 1 heterocycles. The standard InChI is InChI=1S/C32H36N2O5.ClH/c1-36-29-17-24(18-30(37-2)31(29)38-3)21-33-13-15-34(16-14-33)32(35)27-10-9-26-20-28(12-11-25(26)19-27)39-22-23-7-5-4-6-8-23;/h4-8,11-12,17-20H,9-10,13-16,21-22H2,1-3H3;1H. The smallest absolute Gasteiger partial charge is 0.249 e. The third kappa shape index (κ3) is 6.72. The second-order valence-corrected chi connectivity index (χ2v) is 9.91. The quantitative estimate of drug-likeness (QED) is 0.347. The summed E-state index contributed by atoms with van der Waals surface area (Å²) in [5.41, 5.74) is 5.46. The van der Waals surface area contributed by atoms with Crippen molar-refractivity contribution in [3.8, 4) is 23.0 Å². The van der Waals surface area contributed by atoms with Gasteiger partial charge in [-0.15, -0.1) is 12.4 Å². The molecule has 0 unspecified atom stereocenters. The Morgan fingerprint density at radius 2 is 1.50 bits per heavy atom. The van der Waals surface area contributed by atoms with Crippen LogP contribution in [0.3, 0.4) is 0 Å². The van der Waals surface area contributed by atoms with Crippen molar-refractivity contribution in [1.29, 1.82) is 0 Å². The molecule has 1 aliphatic heterocycles. The van der Waals surface area contributed by atoms with E-state index in [1.54, 1.807) is 21.3 Å². The van der Waals surface area contributed by atoms with Crippen molar-refractivity contribution in [3.63, 3.8) is 0 Å². The number of hydrogen-bond donors (Lipinski definition) is 0. The lowest BCUT2D eigenvalue weighted by molar-refractivity contribution is -0.129. The maximum absolute atomic E-state index is 13.4. The predicted octanol–water partition coefficient (Wildman–Crippen LogP) is 5.39. The van der Waals surface area contributed by atoms with Gasteiger partial charge in [-0.25, -0.2) is 0 Å². The number of amides is 1. The van der Waals surface area contributed by atoms with E-state index in [2.05, 4.69) is 35.2 Å². The largest absolute Gasteiger partial charge is 0.493 e. The molecule has 3 aromatic rings. The maximum atomic E-state index is 13.4. The number of fused-ring (bicyclic) bond motifs is 1. The van der Waals surface area contributed by atoms with Crippen LogP contribution in [0.15, 0.2) is 66.2 Å². The van der Waals surface area contributed by atoms with Crippen molar-refractivity contribution in [2.45, 2.75) is 26.0 Å². The Bertz CT molecular complexity index is 1310. The Kier molecular flexibility index (Phi) is 9.96. The lowest BCUT2D eigenvalue weighted by atomic mass is 9.91. The van der Waals surface area contributed by atoms with Gasteiger partial charge in [-0.05, 0) is 65.4 Å². The molecule has 1 saturated heterocycles. The molecule has 2 aliphatic rings. The minimum absolute atomic E-state index is 0. The van der Waals surface area contributed by atoms with Crippen LogP contribution in [0.4, 0.5) is 0 Å². The number of benzene rings is 3. The topological polar surface area (TPSA) is 60.5 Å². The summed E-state index contributed by atoms with van der Waals surface area (Å²) in [6, 6.07) is 20.3. The minimum Gasteiger partial charge on any atom is -0.493 e. The van der Waals surface area contributed by atoms with Crippen molar-refractivity contribution in [3.05, 3.63) is 88.5 Å². The summed E-state index contributed by atoms with van der Waals surface area (Å²) in [7, 11) is 4.86. The van der Waals surface area contributed by atoms with Gasteiger partial charge in [0.25, 0.3) is 0 Å². The van der Waals surface area contributed by atoms with Crippen molar-refractivity contribution in [2.75, 3.05) is 47.5 Å². The van der Waals surface area contributed by atoms with Crippen molar-refractivity contribution >= 4 is 24.4 Å². The van der Waals surface area contributed by atoms with Gasteiger partial charge in [0.05, 0.1) is 21.3 Å². The lowest BCUT2D eigenvalue weighted by Gasteiger charge is -2.35. The number of aryl methyl sites for hydroxylation is 1. The van der Waals surface area contributed by atoms with Gasteiger partial charge < -0.3 is 23.8 Å². The molecule has 212 valence electrons. The summed E-state index contributed by atoms with van der Waals surface area (Å²) >= 11 is 0. The highest BCUT2D eigenvalue weighted by molar-refractivity contribution is 5.98. The SMILES string of the molecule is COc1cc(CN2CCN(C(=O)C3=Cc4ccc(OCc5ccccc5)cc4CC3)CC2)cc(OC)c1OC.Cl. The summed E-state index contributed by atoms with van der Waals surface area (Å²) in [6.07, 6.45) is 3.65. The van der Waals surface area contributed by atoms with Crippen molar-refractivity contribution < 1.29 is 23.7 Å². The first kappa shape index (κ1) is 29.3. The molecule has 3 aromatic carbocycles. The van der Waals surface area contributed by atoms with Crippen LogP contribution < -0.4 is 18.9 Å². The van der Waals surface area contributed by atoms with E-state index in [1.165, 1.54) is 5.56 Å². The number of ether oxygens (including phenoxy) is 4. The predicted molar refractivity (Wildman–Crippen MR) is 159 cm³/mol. The molecule has 1 amide bonds. The van der Waals surface area contributed by atoms with Crippen molar-refractivity contribution in [1.82, 2.24) is 9.80 Å². The summed E-state index contributed by atoms with van der Waals surface area (Å²) in [4.78, 5) is 17.7. The monoisotopic (exact) mass is 564 g/mol. The molecule has 0 spiro atoms. The molecule has 0 aromatic heterocycles. The Labute approximate surface area is 242 Å². The normalized spacial score (nSPS) is 14.9.